The summed E-state index contributed by atoms with van der Waals surface area (Å²) in [7, 11) is -3.80. The molecule has 1 N–H and O–H groups in total. The van der Waals surface area contributed by atoms with Gasteiger partial charge in [0, 0.05) is 24.0 Å². The number of aryl methyl sites for hydroxylation is 1. The molecular weight excluding hydrogens is 590 g/mol. The molecule has 3 aromatic rings. The number of nitrogens with one attached hydrogen (secondary N) is 1. The summed E-state index contributed by atoms with van der Waals surface area (Å²) >= 11 is 3.49. The molecule has 7 nitrogen and oxygen atoms in total. The summed E-state index contributed by atoms with van der Waals surface area (Å²) in [5, 5.41) is 3.00. The van der Waals surface area contributed by atoms with Gasteiger partial charge in [0.2, 0.25) is 21.8 Å². The van der Waals surface area contributed by atoms with E-state index < -0.39 is 28.5 Å². The van der Waals surface area contributed by atoms with Gasteiger partial charge < -0.3 is 10.2 Å². The minimum atomic E-state index is -3.80. The Morgan fingerprint density at radius 2 is 1.60 bits per heavy atom. The highest BCUT2D eigenvalue weighted by Gasteiger charge is 2.33. The summed E-state index contributed by atoms with van der Waals surface area (Å²) in [5.41, 5.74) is 3.01. The van der Waals surface area contributed by atoms with Gasteiger partial charge in [0.25, 0.3) is 0 Å². The van der Waals surface area contributed by atoms with Gasteiger partial charge in [0.05, 0.1) is 11.9 Å². The zero-order valence-electron chi connectivity index (χ0n) is 23.3. The lowest BCUT2D eigenvalue weighted by Gasteiger charge is -2.34. The first kappa shape index (κ1) is 31.4. The zero-order valence-corrected chi connectivity index (χ0v) is 25.7. The van der Waals surface area contributed by atoms with E-state index in [4.69, 9.17) is 0 Å². The number of unbranched alkanes of at least 4 members (excludes halogenated alkanes) is 1. The van der Waals surface area contributed by atoms with E-state index in [2.05, 4.69) is 21.2 Å². The minimum Gasteiger partial charge on any atom is -0.354 e. The number of rotatable bonds is 14. The zero-order chi connectivity index (χ0) is 29.1. The van der Waals surface area contributed by atoms with Gasteiger partial charge in [-0.3, -0.25) is 13.9 Å². The molecular formula is C31H38BrN3O4S. The van der Waals surface area contributed by atoms with Crippen LogP contribution in [0.25, 0.3) is 0 Å². The van der Waals surface area contributed by atoms with Gasteiger partial charge in [0.1, 0.15) is 12.6 Å². The molecule has 0 unspecified atom stereocenters. The fourth-order valence-electron chi connectivity index (χ4n) is 4.54. The van der Waals surface area contributed by atoms with E-state index in [1.165, 1.54) is 4.90 Å². The Kier molecular flexibility index (Phi) is 11.8. The molecule has 1 atom stereocenters. The Balaban J connectivity index is 2.05. The smallest absolute Gasteiger partial charge is 0.244 e. The second-order valence-corrected chi connectivity index (χ2v) is 12.6. The lowest BCUT2D eigenvalue weighted by atomic mass is 10.0. The van der Waals surface area contributed by atoms with E-state index >= 15 is 0 Å². The predicted octanol–water partition coefficient (Wildman–Crippen LogP) is 5.33. The van der Waals surface area contributed by atoms with Crippen LogP contribution >= 0.6 is 15.9 Å². The molecule has 9 heteroatoms. The molecule has 0 aromatic heterocycles. The maximum Gasteiger partial charge on any atom is 0.244 e. The highest BCUT2D eigenvalue weighted by molar-refractivity contribution is 9.10. The number of sulfonamides is 1. The number of benzene rings is 3. The average molecular weight is 629 g/mol. The van der Waals surface area contributed by atoms with Crippen molar-refractivity contribution in [3.05, 3.63) is 100 Å². The molecule has 214 valence electrons. The fraction of sp³-hybridized carbons (Fsp3) is 0.355. The number of halogens is 1. The number of para-hydroxylation sites is 1. The lowest BCUT2D eigenvalue weighted by molar-refractivity contribution is -0.140. The Labute approximate surface area is 246 Å². The van der Waals surface area contributed by atoms with Crippen molar-refractivity contribution in [2.45, 2.75) is 52.1 Å². The summed E-state index contributed by atoms with van der Waals surface area (Å²) in [6, 6.07) is 23.4. The summed E-state index contributed by atoms with van der Waals surface area (Å²) < 4.78 is 28.0. The van der Waals surface area contributed by atoms with Crippen LogP contribution in [0.2, 0.25) is 0 Å². The van der Waals surface area contributed by atoms with Gasteiger partial charge in [-0.2, -0.15) is 0 Å². The molecule has 3 aromatic carbocycles. The fourth-order valence-corrected chi connectivity index (χ4v) is 5.87. The second-order valence-electron chi connectivity index (χ2n) is 9.75. The molecule has 0 saturated carbocycles. The van der Waals surface area contributed by atoms with Gasteiger partial charge in [0.15, 0.2) is 0 Å². The number of hydrogen-bond acceptors (Lipinski definition) is 4. The predicted molar refractivity (Wildman–Crippen MR) is 165 cm³/mol. The molecule has 0 fully saturated rings. The summed E-state index contributed by atoms with van der Waals surface area (Å²) in [5.74, 6) is -0.719. The Morgan fingerprint density at radius 1 is 0.925 bits per heavy atom. The van der Waals surface area contributed by atoms with Crippen LogP contribution in [0.3, 0.4) is 0 Å². The van der Waals surface area contributed by atoms with Gasteiger partial charge in [-0.15, -0.1) is 0 Å². The molecule has 0 heterocycles. The van der Waals surface area contributed by atoms with E-state index in [1.54, 1.807) is 12.1 Å². The van der Waals surface area contributed by atoms with Crippen molar-refractivity contribution in [2.75, 3.05) is 23.7 Å². The maximum atomic E-state index is 14.2. The SMILES string of the molecule is CCCCNC(=O)[C@@H](Cc1ccccc1)N(Cc1cccc(Br)c1)C(=O)CN(c1ccccc1CC)S(C)(=O)=O. The summed E-state index contributed by atoms with van der Waals surface area (Å²) in [6.07, 6.45) is 3.74. The quantitative estimate of drug-likeness (QED) is 0.245. The van der Waals surface area contributed by atoms with Crippen molar-refractivity contribution in [3.63, 3.8) is 0 Å². The molecule has 40 heavy (non-hydrogen) atoms. The van der Waals surface area contributed by atoms with E-state index in [1.807, 2.05) is 80.6 Å². The van der Waals surface area contributed by atoms with Gasteiger partial charge in [-0.1, -0.05) is 96.9 Å². The molecule has 0 aliphatic rings. The molecule has 0 aliphatic heterocycles. The van der Waals surface area contributed by atoms with Crippen LogP contribution in [-0.4, -0.2) is 50.5 Å². The minimum absolute atomic E-state index is 0.143. The van der Waals surface area contributed by atoms with Crippen molar-refractivity contribution >= 4 is 43.5 Å². The van der Waals surface area contributed by atoms with Crippen LogP contribution in [0, 0.1) is 0 Å². The van der Waals surface area contributed by atoms with E-state index in [9.17, 15) is 18.0 Å². The Morgan fingerprint density at radius 3 is 2.25 bits per heavy atom. The van der Waals surface area contributed by atoms with Crippen molar-refractivity contribution in [1.29, 1.82) is 0 Å². The average Bonchev–Trinajstić information content (AvgIpc) is 2.93. The first-order valence-electron chi connectivity index (χ1n) is 13.5. The molecule has 0 radical (unpaired) electrons. The molecule has 2 amide bonds. The number of amides is 2. The number of carbonyl (C=O) groups excluding carboxylic acids is 2. The number of anilines is 1. The number of carbonyl (C=O) groups is 2. The first-order valence-corrected chi connectivity index (χ1v) is 16.2. The van der Waals surface area contributed by atoms with Crippen LogP contribution in [0.5, 0.6) is 0 Å². The topological polar surface area (TPSA) is 86.8 Å². The van der Waals surface area contributed by atoms with E-state index in [0.717, 1.165) is 44.6 Å². The van der Waals surface area contributed by atoms with Crippen molar-refractivity contribution < 1.29 is 18.0 Å². The largest absolute Gasteiger partial charge is 0.354 e. The third-order valence-corrected chi connectivity index (χ3v) is 8.28. The number of nitrogens with zero attached hydrogens (tertiary/aromatic N) is 2. The van der Waals surface area contributed by atoms with Crippen LogP contribution < -0.4 is 9.62 Å². The normalized spacial score (nSPS) is 12.0. The highest BCUT2D eigenvalue weighted by Crippen LogP contribution is 2.25. The Bertz CT molecular complexity index is 1380. The molecule has 0 aliphatic carbocycles. The molecule has 0 saturated heterocycles. The lowest BCUT2D eigenvalue weighted by Crippen LogP contribution is -2.53. The standard InChI is InChI=1S/C31H38BrN3O4S/c1-4-6-19-33-31(37)29(21-24-13-8-7-9-14-24)34(22-25-15-12-17-27(32)20-25)30(36)23-35(40(3,38)39)28-18-11-10-16-26(28)5-2/h7-18,20,29H,4-6,19,21-23H2,1-3H3,(H,33,37)/t29-/m1/s1. The third kappa shape index (κ3) is 8.93. The molecule has 0 bridgehead atoms. The van der Waals surface area contributed by atoms with Crippen molar-refractivity contribution in [3.8, 4) is 0 Å². The molecule has 3 rings (SSSR count). The second kappa shape index (κ2) is 15.0. The van der Waals surface area contributed by atoms with Gasteiger partial charge in [-0.05, 0) is 47.7 Å². The van der Waals surface area contributed by atoms with Gasteiger partial charge >= 0.3 is 0 Å². The summed E-state index contributed by atoms with van der Waals surface area (Å²) in [6.45, 7) is 4.21. The van der Waals surface area contributed by atoms with Gasteiger partial charge in [-0.25, -0.2) is 8.42 Å². The molecule has 0 spiro atoms. The highest BCUT2D eigenvalue weighted by atomic mass is 79.9. The maximum absolute atomic E-state index is 14.2. The van der Waals surface area contributed by atoms with Crippen LogP contribution in [0.1, 0.15) is 43.4 Å². The van der Waals surface area contributed by atoms with Crippen LogP contribution in [-0.2, 0) is 39.0 Å². The first-order chi connectivity index (χ1) is 19.1. The van der Waals surface area contributed by atoms with Crippen molar-refractivity contribution in [1.82, 2.24) is 10.2 Å². The Hall–Kier alpha value is -3.17. The van der Waals surface area contributed by atoms with Crippen LogP contribution in [0.4, 0.5) is 5.69 Å². The van der Waals surface area contributed by atoms with E-state index in [-0.39, 0.29) is 12.5 Å². The summed E-state index contributed by atoms with van der Waals surface area (Å²) in [4.78, 5) is 29.3. The van der Waals surface area contributed by atoms with E-state index in [0.29, 0.717) is 25.1 Å². The van der Waals surface area contributed by atoms with Crippen molar-refractivity contribution in [2.24, 2.45) is 0 Å². The monoisotopic (exact) mass is 627 g/mol. The third-order valence-electron chi connectivity index (χ3n) is 6.66. The number of hydrogen-bond donors (Lipinski definition) is 1. The van der Waals surface area contributed by atoms with Crippen LogP contribution in [0.15, 0.2) is 83.3 Å².